The van der Waals surface area contributed by atoms with E-state index in [0.29, 0.717) is 12.1 Å². The van der Waals surface area contributed by atoms with Gasteiger partial charge in [0.15, 0.2) is 0 Å². The van der Waals surface area contributed by atoms with E-state index in [1.807, 2.05) is 90.8 Å². The van der Waals surface area contributed by atoms with Crippen LogP contribution < -0.4 is 5.32 Å². The molecule has 3 aromatic heterocycles. The average molecular weight is 385 g/mol. The molecule has 146 valence electrons. The van der Waals surface area contributed by atoms with Crippen molar-refractivity contribution in [3.05, 3.63) is 95.2 Å². The van der Waals surface area contributed by atoms with Crippen molar-refractivity contribution >= 4 is 5.91 Å². The van der Waals surface area contributed by atoms with E-state index in [1.165, 1.54) is 0 Å². The lowest BCUT2D eigenvalue weighted by atomic mass is 10.1. The molecule has 0 saturated carbocycles. The van der Waals surface area contributed by atoms with Gasteiger partial charge < -0.3 is 9.88 Å². The molecular formula is C23H23N5O. The Balaban J connectivity index is 1.56. The SMILES string of the molecule is Cc1ccn(-c2ccccc2CNC(=O)c2cc(C)n(-c3ccccn3)c2C)n1. The summed E-state index contributed by atoms with van der Waals surface area (Å²) in [6.45, 7) is 6.30. The van der Waals surface area contributed by atoms with Crippen LogP contribution in [-0.2, 0) is 6.54 Å². The van der Waals surface area contributed by atoms with Crippen LogP contribution in [0.3, 0.4) is 0 Å². The van der Waals surface area contributed by atoms with Crippen LogP contribution in [0.15, 0.2) is 67.0 Å². The fourth-order valence-corrected chi connectivity index (χ4v) is 3.54. The van der Waals surface area contributed by atoms with Gasteiger partial charge in [-0.3, -0.25) is 4.79 Å². The Morgan fingerprint density at radius 3 is 2.55 bits per heavy atom. The number of aryl methyl sites for hydroxylation is 2. The summed E-state index contributed by atoms with van der Waals surface area (Å²) in [5, 5.41) is 7.53. The van der Waals surface area contributed by atoms with E-state index in [4.69, 9.17) is 0 Å². The average Bonchev–Trinajstić information content (AvgIpc) is 3.29. The normalized spacial score (nSPS) is 10.9. The zero-order valence-corrected chi connectivity index (χ0v) is 16.8. The second-order valence-corrected chi connectivity index (χ2v) is 7.02. The summed E-state index contributed by atoms with van der Waals surface area (Å²) in [5.74, 6) is 0.702. The third kappa shape index (κ3) is 3.69. The van der Waals surface area contributed by atoms with E-state index in [2.05, 4.69) is 15.4 Å². The quantitative estimate of drug-likeness (QED) is 0.566. The molecule has 6 heteroatoms. The van der Waals surface area contributed by atoms with E-state index in [0.717, 1.165) is 34.2 Å². The predicted octanol–water partition coefficient (Wildman–Crippen LogP) is 3.91. The monoisotopic (exact) mass is 385 g/mol. The minimum Gasteiger partial charge on any atom is -0.348 e. The lowest BCUT2D eigenvalue weighted by molar-refractivity contribution is 0.0950. The highest BCUT2D eigenvalue weighted by Crippen LogP contribution is 2.20. The van der Waals surface area contributed by atoms with Crippen molar-refractivity contribution < 1.29 is 4.79 Å². The molecular weight excluding hydrogens is 362 g/mol. The number of benzene rings is 1. The van der Waals surface area contributed by atoms with Gasteiger partial charge in [0, 0.05) is 30.3 Å². The van der Waals surface area contributed by atoms with Crippen molar-refractivity contribution in [2.45, 2.75) is 27.3 Å². The van der Waals surface area contributed by atoms with Gasteiger partial charge in [-0.1, -0.05) is 24.3 Å². The maximum Gasteiger partial charge on any atom is 0.253 e. The summed E-state index contributed by atoms with van der Waals surface area (Å²) >= 11 is 0. The topological polar surface area (TPSA) is 64.7 Å². The third-order valence-electron chi connectivity index (χ3n) is 4.95. The number of carbonyl (C=O) groups is 1. The number of carbonyl (C=O) groups excluding carboxylic acids is 1. The molecule has 0 atom stereocenters. The first kappa shape index (κ1) is 18.7. The zero-order chi connectivity index (χ0) is 20.4. The Labute approximate surface area is 169 Å². The van der Waals surface area contributed by atoms with Gasteiger partial charge in [-0.25, -0.2) is 9.67 Å². The number of para-hydroxylation sites is 1. The second kappa shape index (κ2) is 7.75. The Kier molecular flexibility index (Phi) is 4.99. The van der Waals surface area contributed by atoms with Crippen molar-refractivity contribution in [3.8, 4) is 11.5 Å². The highest BCUT2D eigenvalue weighted by Gasteiger charge is 2.17. The van der Waals surface area contributed by atoms with Crippen molar-refractivity contribution in [2.75, 3.05) is 0 Å². The summed E-state index contributed by atoms with van der Waals surface area (Å²) in [6.07, 6.45) is 3.68. The van der Waals surface area contributed by atoms with Gasteiger partial charge in [0.25, 0.3) is 5.91 Å². The number of pyridine rings is 1. The second-order valence-electron chi connectivity index (χ2n) is 7.02. The molecule has 0 fully saturated rings. The molecule has 0 radical (unpaired) electrons. The first-order valence-electron chi connectivity index (χ1n) is 9.53. The van der Waals surface area contributed by atoms with E-state index < -0.39 is 0 Å². The number of rotatable bonds is 5. The Bertz CT molecular complexity index is 1160. The number of hydrogen-bond acceptors (Lipinski definition) is 3. The van der Waals surface area contributed by atoms with Crippen LogP contribution in [0.25, 0.3) is 11.5 Å². The highest BCUT2D eigenvalue weighted by molar-refractivity contribution is 5.95. The molecule has 3 heterocycles. The van der Waals surface area contributed by atoms with Crippen LogP contribution in [-0.4, -0.2) is 25.2 Å². The van der Waals surface area contributed by atoms with Crippen molar-refractivity contribution in [2.24, 2.45) is 0 Å². The summed E-state index contributed by atoms with van der Waals surface area (Å²) < 4.78 is 3.83. The van der Waals surface area contributed by atoms with E-state index in [9.17, 15) is 4.79 Å². The number of hydrogen-bond donors (Lipinski definition) is 1. The van der Waals surface area contributed by atoms with E-state index in [-0.39, 0.29) is 5.91 Å². The summed E-state index contributed by atoms with van der Waals surface area (Å²) in [6, 6.07) is 17.6. The number of nitrogens with zero attached hydrogens (tertiary/aromatic N) is 4. The molecule has 29 heavy (non-hydrogen) atoms. The summed E-state index contributed by atoms with van der Waals surface area (Å²) in [7, 11) is 0. The van der Waals surface area contributed by atoms with Gasteiger partial charge in [0.05, 0.1) is 16.9 Å². The van der Waals surface area contributed by atoms with Crippen LogP contribution >= 0.6 is 0 Å². The molecule has 0 aliphatic carbocycles. The molecule has 0 spiro atoms. The molecule has 0 aliphatic heterocycles. The maximum atomic E-state index is 12.9. The van der Waals surface area contributed by atoms with Crippen LogP contribution in [0.5, 0.6) is 0 Å². The molecule has 0 unspecified atom stereocenters. The molecule has 1 amide bonds. The van der Waals surface area contributed by atoms with Crippen molar-refractivity contribution in [1.29, 1.82) is 0 Å². The lowest BCUT2D eigenvalue weighted by Gasteiger charge is -2.11. The molecule has 1 N–H and O–H groups in total. The number of amides is 1. The molecule has 4 rings (SSSR count). The number of aromatic nitrogens is 4. The first-order chi connectivity index (χ1) is 14.0. The van der Waals surface area contributed by atoms with Crippen LogP contribution in [0.1, 0.15) is 33.0 Å². The number of nitrogens with one attached hydrogen (secondary N) is 1. The fraction of sp³-hybridized carbons (Fsp3) is 0.174. The Hall–Kier alpha value is -3.67. The van der Waals surface area contributed by atoms with Gasteiger partial charge in [-0.15, -0.1) is 0 Å². The molecule has 1 aromatic carbocycles. The third-order valence-corrected chi connectivity index (χ3v) is 4.95. The molecule has 0 bridgehead atoms. The smallest absolute Gasteiger partial charge is 0.253 e. The van der Waals surface area contributed by atoms with Crippen LogP contribution in [0, 0.1) is 20.8 Å². The minimum atomic E-state index is -0.105. The van der Waals surface area contributed by atoms with Crippen LogP contribution in [0.2, 0.25) is 0 Å². The van der Waals surface area contributed by atoms with Gasteiger partial charge in [0.2, 0.25) is 0 Å². The van der Waals surface area contributed by atoms with Crippen molar-refractivity contribution in [3.63, 3.8) is 0 Å². The van der Waals surface area contributed by atoms with Gasteiger partial charge >= 0.3 is 0 Å². The first-order valence-corrected chi connectivity index (χ1v) is 9.53. The highest BCUT2D eigenvalue weighted by atomic mass is 16.1. The van der Waals surface area contributed by atoms with Gasteiger partial charge in [-0.05, 0) is 56.7 Å². The maximum absolute atomic E-state index is 12.9. The van der Waals surface area contributed by atoms with E-state index in [1.54, 1.807) is 6.20 Å². The molecule has 6 nitrogen and oxygen atoms in total. The standard InChI is InChI=1S/C23H23N5O/c1-16-11-13-27(26-16)21-9-5-4-8-19(21)15-25-23(29)20-14-17(2)28(18(20)3)22-10-6-7-12-24-22/h4-14H,15H2,1-3H3,(H,25,29). The van der Waals surface area contributed by atoms with Crippen molar-refractivity contribution in [1.82, 2.24) is 24.6 Å². The van der Waals surface area contributed by atoms with Crippen LogP contribution in [0.4, 0.5) is 0 Å². The zero-order valence-electron chi connectivity index (χ0n) is 16.8. The molecule has 0 aliphatic rings. The largest absolute Gasteiger partial charge is 0.348 e. The molecule has 4 aromatic rings. The Morgan fingerprint density at radius 2 is 1.83 bits per heavy atom. The minimum absolute atomic E-state index is 0.105. The summed E-state index contributed by atoms with van der Waals surface area (Å²) in [5.41, 5.74) is 5.40. The van der Waals surface area contributed by atoms with E-state index >= 15 is 0 Å². The lowest BCUT2D eigenvalue weighted by Crippen LogP contribution is -2.24. The van der Waals surface area contributed by atoms with Gasteiger partial charge in [-0.2, -0.15) is 5.10 Å². The molecule has 0 saturated heterocycles. The Morgan fingerprint density at radius 1 is 1.03 bits per heavy atom. The van der Waals surface area contributed by atoms with Gasteiger partial charge in [0.1, 0.15) is 5.82 Å². The fourth-order valence-electron chi connectivity index (χ4n) is 3.54. The predicted molar refractivity (Wildman–Crippen MR) is 113 cm³/mol. The summed E-state index contributed by atoms with van der Waals surface area (Å²) in [4.78, 5) is 17.3.